The summed E-state index contributed by atoms with van der Waals surface area (Å²) in [5.74, 6) is -0.720. The van der Waals surface area contributed by atoms with Crippen LogP contribution in [0.15, 0.2) is 18.2 Å². The maximum Gasteiger partial charge on any atom is 0.410 e. The zero-order valence-corrected chi connectivity index (χ0v) is 19.8. The molecule has 0 aliphatic carbocycles. The Hall–Kier alpha value is -2.35. The Labute approximate surface area is 190 Å². The van der Waals surface area contributed by atoms with Crippen molar-refractivity contribution in [3.8, 4) is 0 Å². The quantitative estimate of drug-likeness (QED) is 0.759. The SMILES string of the molecule is CC1CN(c2ccc(CNC(=O)C3CCCN(C(=O)OC(C)(C)C)C3)cc2F)CC(C)O1. The van der Waals surface area contributed by atoms with Gasteiger partial charge in [-0.2, -0.15) is 0 Å². The van der Waals surface area contributed by atoms with E-state index in [9.17, 15) is 14.0 Å². The smallest absolute Gasteiger partial charge is 0.410 e. The van der Waals surface area contributed by atoms with Gasteiger partial charge in [-0.3, -0.25) is 4.79 Å². The fraction of sp³-hybridized carbons (Fsp3) is 0.667. The van der Waals surface area contributed by atoms with E-state index < -0.39 is 5.60 Å². The predicted octanol–water partition coefficient (Wildman–Crippen LogP) is 3.70. The lowest BCUT2D eigenvalue weighted by atomic mass is 9.97. The third kappa shape index (κ3) is 6.58. The first-order valence-corrected chi connectivity index (χ1v) is 11.5. The number of benzene rings is 1. The Morgan fingerprint density at radius 1 is 1.19 bits per heavy atom. The van der Waals surface area contributed by atoms with E-state index in [1.807, 2.05) is 45.6 Å². The zero-order chi connectivity index (χ0) is 23.5. The minimum Gasteiger partial charge on any atom is -0.444 e. The fourth-order valence-corrected chi connectivity index (χ4v) is 4.31. The Bertz CT molecular complexity index is 816. The molecule has 2 amide bonds. The number of rotatable bonds is 4. The number of likely N-dealkylation sites (tertiary alicyclic amines) is 1. The lowest BCUT2D eigenvalue weighted by Crippen LogP contribution is -2.47. The van der Waals surface area contributed by atoms with Crippen LogP contribution in [0.25, 0.3) is 0 Å². The Morgan fingerprint density at radius 3 is 2.50 bits per heavy atom. The number of ether oxygens (including phenoxy) is 2. The highest BCUT2D eigenvalue weighted by atomic mass is 19.1. The van der Waals surface area contributed by atoms with Crippen molar-refractivity contribution in [1.82, 2.24) is 10.2 Å². The second-order valence-corrected chi connectivity index (χ2v) is 9.93. The molecule has 2 fully saturated rings. The van der Waals surface area contributed by atoms with Gasteiger partial charge >= 0.3 is 6.09 Å². The molecule has 0 saturated carbocycles. The van der Waals surface area contributed by atoms with Crippen molar-refractivity contribution in [3.63, 3.8) is 0 Å². The standard InChI is InChI=1S/C24H36FN3O4/c1-16-13-28(14-17(2)31-16)21-9-8-18(11-20(21)25)12-26-22(29)19-7-6-10-27(15-19)23(30)32-24(3,4)5/h8-9,11,16-17,19H,6-7,10,12-15H2,1-5H3,(H,26,29). The van der Waals surface area contributed by atoms with E-state index in [-0.39, 0.29) is 42.5 Å². The van der Waals surface area contributed by atoms with Crippen molar-refractivity contribution in [2.75, 3.05) is 31.1 Å². The summed E-state index contributed by atoms with van der Waals surface area (Å²) in [5.41, 5.74) is 0.691. The van der Waals surface area contributed by atoms with Crippen LogP contribution in [-0.4, -0.2) is 60.9 Å². The van der Waals surface area contributed by atoms with Crippen molar-refractivity contribution < 1.29 is 23.5 Å². The van der Waals surface area contributed by atoms with Gasteiger partial charge in [-0.1, -0.05) is 6.07 Å². The second-order valence-electron chi connectivity index (χ2n) is 9.93. The summed E-state index contributed by atoms with van der Waals surface area (Å²) in [6.45, 7) is 11.9. The highest BCUT2D eigenvalue weighted by Crippen LogP contribution is 2.25. The number of carbonyl (C=O) groups excluding carboxylic acids is 2. The molecule has 3 rings (SSSR count). The van der Waals surface area contributed by atoms with E-state index in [0.29, 0.717) is 43.9 Å². The summed E-state index contributed by atoms with van der Waals surface area (Å²) in [6.07, 6.45) is 1.17. The molecule has 3 unspecified atom stereocenters. The van der Waals surface area contributed by atoms with E-state index in [1.165, 1.54) is 6.07 Å². The molecule has 2 heterocycles. The van der Waals surface area contributed by atoms with Crippen LogP contribution in [0.5, 0.6) is 0 Å². The van der Waals surface area contributed by atoms with Crippen molar-refractivity contribution in [3.05, 3.63) is 29.6 Å². The largest absolute Gasteiger partial charge is 0.444 e. The molecule has 3 atom stereocenters. The lowest BCUT2D eigenvalue weighted by molar-refractivity contribution is -0.126. The molecule has 1 N–H and O–H groups in total. The van der Waals surface area contributed by atoms with Crippen LogP contribution in [-0.2, 0) is 20.8 Å². The third-order valence-electron chi connectivity index (χ3n) is 5.68. The number of morpholine rings is 1. The molecule has 0 bridgehead atoms. The average Bonchev–Trinajstić information content (AvgIpc) is 2.70. The Morgan fingerprint density at radius 2 is 1.88 bits per heavy atom. The minimum atomic E-state index is -0.570. The first-order chi connectivity index (χ1) is 15.0. The van der Waals surface area contributed by atoms with Gasteiger partial charge in [0.05, 0.1) is 23.8 Å². The summed E-state index contributed by atoms with van der Waals surface area (Å²) in [6, 6.07) is 5.10. The first kappa shape index (κ1) is 24.3. The van der Waals surface area contributed by atoms with Gasteiger partial charge in [-0.25, -0.2) is 9.18 Å². The number of anilines is 1. The van der Waals surface area contributed by atoms with Crippen LogP contribution in [0.1, 0.15) is 53.0 Å². The van der Waals surface area contributed by atoms with Crippen LogP contribution < -0.4 is 10.2 Å². The summed E-state index contributed by atoms with van der Waals surface area (Å²) in [4.78, 5) is 28.6. The molecular weight excluding hydrogens is 413 g/mol. The number of amides is 2. The lowest BCUT2D eigenvalue weighted by Gasteiger charge is -2.37. The van der Waals surface area contributed by atoms with Crippen molar-refractivity contribution in [2.45, 2.75) is 71.8 Å². The minimum absolute atomic E-state index is 0.0489. The van der Waals surface area contributed by atoms with Gasteiger partial charge in [0, 0.05) is 32.7 Å². The molecule has 0 radical (unpaired) electrons. The van der Waals surface area contributed by atoms with Crippen LogP contribution in [0.3, 0.4) is 0 Å². The van der Waals surface area contributed by atoms with Crippen molar-refractivity contribution in [2.24, 2.45) is 5.92 Å². The van der Waals surface area contributed by atoms with Crippen LogP contribution in [0.4, 0.5) is 14.9 Å². The van der Waals surface area contributed by atoms with Gasteiger partial charge in [0.25, 0.3) is 0 Å². The van der Waals surface area contributed by atoms with Crippen LogP contribution >= 0.6 is 0 Å². The number of hydrogen-bond acceptors (Lipinski definition) is 5. The van der Waals surface area contributed by atoms with E-state index >= 15 is 0 Å². The summed E-state index contributed by atoms with van der Waals surface area (Å²) in [7, 11) is 0. The maximum atomic E-state index is 14.8. The third-order valence-corrected chi connectivity index (χ3v) is 5.68. The van der Waals surface area contributed by atoms with E-state index in [0.717, 1.165) is 6.42 Å². The van der Waals surface area contributed by atoms with Crippen molar-refractivity contribution in [1.29, 1.82) is 0 Å². The number of nitrogens with zero attached hydrogens (tertiary/aromatic N) is 2. The molecule has 2 aliphatic heterocycles. The molecule has 0 spiro atoms. The first-order valence-electron chi connectivity index (χ1n) is 11.5. The number of halogens is 1. The molecule has 1 aromatic rings. The van der Waals surface area contributed by atoms with Gasteiger partial charge in [-0.15, -0.1) is 0 Å². The van der Waals surface area contributed by atoms with Crippen LogP contribution in [0.2, 0.25) is 0 Å². The van der Waals surface area contributed by atoms with Gasteiger partial charge in [-0.05, 0) is 65.2 Å². The number of carbonyl (C=O) groups is 2. The molecule has 0 aromatic heterocycles. The van der Waals surface area contributed by atoms with E-state index in [1.54, 1.807) is 11.0 Å². The second kappa shape index (κ2) is 10.1. The van der Waals surface area contributed by atoms with Gasteiger partial charge in [0.2, 0.25) is 5.91 Å². The molecule has 8 heteroatoms. The molecule has 32 heavy (non-hydrogen) atoms. The number of hydrogen-bond donors (Lipinski definition) is 1. The van der Waals surface area contributed by atoms with Gasteiger partial charge < -0.3 is 24.6 Å². The van der Waals surface area contributed by atoms with Gasteiger partial charge in [0.1, 0.15) is 11.4 Å². The van der Waals surface area contributed by atoms with E-state index in [4.69, 9.17) is 9.47 Å². The molecule has 2 saturated heterocycles. The molecular formula is C24H36FN3O4. The summed E-state index contributed by atoms with van der Waals surface area (Å²) >= 11 is 0. The highest BCUT2D eigenvalue weighted by Gasteiger charge is 2.31. The monoisotopic (exact) mass is 449 g/mol. The topological polar surface area (TPSA) is 71.1 Å². The molecule has 7 nitrogen and oxygen atoms in total. The predicted molar refractivity (Wildman–Crippen MR) is 121 cm³/mol. The Kier molecular flexibility index (Phi) is 7.64. The van der Waals surface area contributed by atoms with Gasteiger partial charge in [0.15, 0.2) is 0 Å². The zero-order valence-electron chi connectivity index (χ0n) is 19.8. The number of piperidine rings is 1. The summed E-state index contributed by atoms with van der Waals surface area (Å²) in [5, 5.41) is 2.90. The fourth-order valence-electron chi connectivity index (χ4n) is 4.31. The van der Waals surface area contributed by atoms with Crippen molar-refractivity contribution >= 4 is 17.7 Å². The molecule has 2 aliphatic rings. The van der Waals surface area contributed by atoms with Crippen LogP contribution in [0, 0.1) is 11.7 Å². The Balaban J connectivity index is 1.54. The van der Waals surface area contributed by atoms with E-state index in [2.05, 4.69) is 5.32 Å². The number of nitrogens with one attached hydrogen (secondary N) is 1. The average molecular weight is 450 g/mol. The molecule has 1 aromatic carbocycles. The normalized spacial score (nSPS) is 24.2. The summed E-state index contributed by atoms with van der Waals surface area (Å²) < 4.78 is 25.9. The maximum absolute atomic E-state index is 14.8. The molecule has 178 valence electrons. The highest BCUT2D eigenvalue weighted by molar-refractivity contribution is 5.80.